The van der Waals surface area contributed by atoms with E-state index in [4.69, 9.17) is 0 Å². The molecule has 0 unspecified atom stereocenters. The maximum Gasteiger partial charge on any atom is 0.337 e. The van der Waals surface area contributed by atoms with Crippen LogP contribution in [0.15, 0.2) is 47.4 Å². The Morgan fingerprint density at radius 2 is 1.92 bits per heavy atom. The van der Waals surface area contributed by atoms with Gasteiger partial charge in [-0.25, -0.2) is 17.6 Å². The van der Waals surface area contributed by atoms with Gasteiger partial charge in [0.15, 0.2) is 0 Å². The van der Waals surface area contributed by atoms with Crippen LogP contribution in [0.1, 0.15) is 21.5 Å². The van der Waals surface area contributed by atoms with E-state index < -0.39 is 21.8 Å². The van der Waals surface area contributed by atoms with Gasteiger partial charge in [0.2, 0.25) is 10.0 Å². The number of halogens is 1. The molecule has 0 radical (unpaired) electrons. The quantitative estimate of drug-likeness (QED) is 0.777. The molecule has 128 valence electrons. The lowest BCUT2D eigenvalue weighted by molar-refractivity contribution is 0.0600. The number of carbonyl (C=O) groups excluding carboxylic acids is 1. The van der Waals surface area contributed by atoms with Crippen LogP contribution in [0.5, 0.6) is 0 Å². The van der Waals surface area contributed by atoms with Crippen LogP contribution >= 0.6 is 0 Å². The van der Waals surface area contributed by atoms with Crippen molar-refractivity contribution in [2.45, 2.75) is 18.4 Å². The van der Waals surface area contributed by atoms with E-state index in [9.17, 15) is 17.6 Å². The number of carbonyl (C=O) groups is 1. The van der Waals surface area contributed by atoms with Gasteiger partial charge in [0.05, 0.1) is 17.6 Å². The van der Waals surface area contributed by atoms with Crippen molar-refractivity contribution < 1.29 is 22.3 Å². The van der Waals surface area contributed by atoms with Gasteiger partial charge in [-0.15, -0.1) is 0 Å². The third-order valence-electron chi connectivity index (χ3n) is 3.59. The highest BCUT2D eigenvalue weighted by Crippen LogP contribution is 2.22. The molecule has 2 aromatic carbocycles. The molecule has 0 bridgehead atoms. The minimum Gasteiger partial charge on any atom is -0.465 e. The van der Waals surface area contributed by atoms with Crippen molar-refractivity contribution in [3.8, 4) is 0 Å². The average molecular weight is 351 g/mol. The molecule has 5 nitrogen and oxygen atoms in total. The van der Waals surface area contributed by atoms with Crippen molar-refractivity contribution in [3.63, 3.8) is 0 Å². The molecule has 0 saturated carbocycles. The normalized spacial score (nSPS) is 11.5. The van der Waals surface area contributed by atoms with Crippen molar-refractivity contribution in [1.82, 2.24) is 4.31 Å². The monoisotopic (exact) mass is 351 g/mol. The molecule has 0 aromatic heterocycles. The lowest BCUT2D eigenvalue weighted by atomic mass is 10.1. The molecule has 0 atom stereocenters. The number of sulfonamides is 1. The summed E-state index contributed by atoms with van der Waals surface area (Å²) in [6, 6.07) is 10.1. The lowest BCUT2D eigenvalue weighted by Gasteiger charge is -2.19. The molecule has 0 saturated heterocycles. The largest absolute Gasteiger partial charge is 0.465 e. The number of hydrogen-bond donors (Lipinski definition) is 0. The number of esters is 1. The highest BCUT2D eigenvalue weighted by molar-refractivity contribution is 7.89. The molecule has 0 N–H and O–H groups in total. The molecule has 2 rings (SSSR count). The third-order valence-corrected chi connectivity index (χ3v) is 5.54. The topological polar surface area (TPSA) is 63.7 Å². The Hall–Kier alpha value is -2.25. The smallest absolute Gasteiger partial charge is 0.337 e. The van der Waals surface area contributed by atoms with Gasteiger partial charge in [0, 0.05) is 13.6 Å². The van der Waals surface area contributed by atoms with Crippen molar-refractivity contribution in [2.75, 3.05) is 14.2 Å². The Bertz CT molecular complexity index is 865. The third kappa shape index (κ3) is 3.80. The van der Waals surface area contributed by atoms with Crippen LogP contribution in [0.2, 0.25) is 0 Å². The van der Waals surface area contributed by atoms with E-state index in [1.165, 1.54) is 44.5 Å². The summed E-state index contributed by atoms with van der Waals surface area (Å²) < 4.78 is 44.6. The summed E-state index contributed by atoms with van der Waals surface area (Å²) in [6.45, 7) is 1.66. The summed E-state index contributed by atoms with van der Waals surface area (Å²) in [7, 11) is -1.21. The van der Waals surface area contributed by atoms with E-state index >= 15 is 0 Å². The molecular formula is C17H18FNO4S. The van der Waals surface area contributed by atoms with Crippen molar-refractivity contribution in [1.29, 1.82) is 0 Å². The minimum absolute atomic E-state index is 0.0159. The number of nitrogens with zero attached hydrogens (tertiary/aromatic N) is 1. The van der Waals surface area contributed by atoms with Gasteiger partial charge in [0.25, 0.3) is 0 Å². The van der Waals surface area contributed by atoms with Gasteiger partial charge >= 0.3 is 5.97 Å². The zero-order valence-corrected chi connectivity index (χ0v) is 14.4. The summed E-state index contributed by atoms with van der Waals surface area (Å²) in [5.74, 6) is -1.04. The maximum absolute atomic E-state index is 13.3. The van der Waals surface area contributed by atoms with Crippen LogP contribution in [0, 0.1) is 12.7 Å². The predicted molar refractivity (Wildman–Crippen MR) is 87.6 cm³/mol. The summed E-state index contributed by atoms with van der Waals surface area (Å²) in [5.41, 5.74) is 1.19. The summed E-state index contributed by atoms with van der Waals surface area (Å²) in [4.78, 5) is 11.6. The van der Waals surface area contributed by atoms with Crippen LogP contribution < -0.4 is 0 Å². The highest BCUT2D eigenvalue weighted by atomic mass is 32.2. The Morgan fingerprint density at radius 3 is 2.54 bits per heavy atom. The van der Waals surface area contributed by atoms with Gasteiger partial charge in [0.1, 0.15) is 5.82 Å². The first-order valence-corrected chi connectivity index (χ1v) is 8.59. The molecule has 2 aromatic rings. The predicted octanol–water partition coefficient (Wildman–Crippen LogP) is 2.74. The summed E-state index contributed by atoms with van der Waals surface area (Å²) in [5, 5.41) is 0. The van der Waals surface area contributed by atoms with Crippen LogP contribution in [-0.4, -0.2) is 32.8 Å². The molecule has 0 aliphatic heterocycles. The molecule has 0 aliphatic rings. The van der Waals surface area contributed by atoms with E-state index in [2.05, 4.69) is 4.74 Å². The van der Waals surface area contributed by atoms with Crippen LogP contribution in [0.3, 0.4) is 0 Å². The van der Waals surface area contributed by atoms with Crippen molar-refractivity contribution in [3.05, 3.63) is 65.0 Å². The number of aryl methyl sites for hydroxylation is 1. The molecule has 0 heterocycles. The first-order valence-electron chi connectivity index (χ1n) is 7.15. The summed E-state index contributed by atoms with van der Waals surface area (Å²) in [6.07, 6.45) is 0. The standard InChI is InChI=1S/C17H18FNO4S/c1-12-7-8-14(17(20)23-3)10-16(12)24(21,22)19(2)11-13-5-4-6-15(18)9-13/h4-10H,11H2,1-3H3. The first-order chi connectivity index (χ1) is 11.3. The van der Waals surface area contributed by atoms with Gasteiger partial charge < -0.3 is 4.74 Å². The fourth-order valence-electron chi connectivity index (χ4n) is 2.27. The molecule has 0 spiro atoms. The fraction of sp³-hybridized carbons (Fsp3) is 0.235. The second kappa shape index (κ2) is 7.11. The fourth-order valence-corrected chi connectivity index (χ4v) is 3.67. The zero-order chi connectivity index (χ0) is 17.9. The van der Waals surface area contributed by atoms with Gasteiger partial charge in [-0.1, -0.05) is 18.2 Å². The van der Waals surface area contributed by atoms with Gasteiger partial charge in [-0.2, -0.15) is 4.31 Å². The molecule has 0 fully saturated rings. The average Bonchev–Trinajstić information content (AvgIpc) is 2.54. The molecule has 0 amide bonds. The Balaban J connectivity index is 2.37. The van der Waals surface area contributed by atoms with Gasteiger partial charge in [-0.3, -0.25) is 0 Å². The van der Waals surface area contributed by atoms with E-state index in [-0.39, 0.29) is 17.0 Å². The Kier molecular flexibility index (Phi) is 5.36. The molecule has 0 aliphatic carbocycles. The molecule has 7 heteroatoms. The van der Waals surface area contributed by atoms with E-state index in [0.29, 0.717) is 11.1 Å². The van der Waals surface area contributed by atoms with Crippen LogP contribution in [0.4, 0.5) is 4.39 Å². The Labute approximate surface area is 140 Å². The second-order valence-corrected chi connectivity index (χ2v) is 7.38. The SMILES string of the molecule is COC(=O)c1ccc(C)c(S(=O)(=O)N(C)Cc2cccc(F)c2)c1. The Morgan fingerprint density at radius 1 is 1.21 bits per heavy atom. The van der Waals surface area contributed by atoms with Crippen LogP contribution in [0.25, 0.3) is 0 Å². The van der Waals surface area contributed by atoms with Crippen molar-refractivity contribution in [2.24, 2.45) is 0 Å². The number of ether oxygens (including phenoxy) is 1. The number of benzene rings is 2. The van der Waals surface area contributed by atoms with Crippen LogP contribution in [-0.2, 0) is 21.3 Å². The number of hydrogen-bond acceptors (Lipinski definition) is 4. The van der Waals surface area contributed by atoms with E-state index in [0.717, 1.165) is 4.31 Å². The first kappa shape index (κ1) is 18.1. The highest BCUT2D eigenvalue weighted by Gasteiger charge is 2.24. The number of methoxy groups -OCH3 is 1. The zero-order valence-electron chi connectivity index (χ0n) is 13.6. The van der Waals surface area contributed by atoms with E-state index in [1.807, 2.05) is 0 Å². The summed E-state index contributed by atoms with van der Waals surface area (Å²) >= 11 is 0. The van der Waals surface area contributed by atoms with Crippen molar-refractivity contribution >= 4 is 16.0 Å². The minimum atomic E-state index is -3.84. The molecule has 24 heavy (non-hydrogen) atoms. The van der Waals surface area contributed by atoms with Gasteiger partial charge in [-0.05, 0) is 42.3 Å². The number of rotatable bonds is 5. The van der Waals surface area contributed by atoms with E-state index in [1.54, 1.807) is 19.1 Å². The second-order valence-electron chi connectivity index (χ2n) is 5.36. The lowest BCUT2D eigenvalue weighted by Crippen LogP contribution is -2.27. The maximum atomic E-state index is 13.3. The molecular weight excluding hydrogens is 333 g/mol.